The lowest BCUT2D eigenvalue weighted by molar-refractivity contribution is 0.174. The van der Waals surface area contributed by atoms with E-state index in [1.807, 2.05) is 45.1 Å². The Balaban J connectivity index is 1.60. The predicted octanol–water partition coefficient (Wildman–Crippen LogP) is 1.11. The van der Waals surface area contributed by atoms with Crippen molar-refractivity contribution in [1.82, 2.24) is 15.1 Å². The molecule has 2 heterocycles. The molecule has 2 aliphatic heterocycles. The number of hydrogen-bond acceptors (Lipinski definition) is 7. The van der Waals surface area contributed by atoms with E-state index in [4.69, 9.17) is 9.47 Å². The van der Waals surface area contributed by atoms with Crippen molar-refractivity contribution in [2.45, 2.75) is 19.5 Å². The van der Waals surface area contributed by atoms with Gasteiger partial charge in [-0.3, -0.25) is 5.32 Å². The zero-order valence-corrected chi connectivity index (χ0v) is 14.0. The van der Waals surface area contributed by atoms with Crippen LogP contribution in [0.15, 0.2) is 28.2 Å². The van der Waals surface area contributed by atoms with E-state index in [9.17, 15) is 0 Å². The maximum Gasteiger partial charge on any atom is 0.231 e. The molecule has 7 heteroatoms. The van der Waals surface area contributed by atoms with Crippen LogP contribution < -0.4 is 14.8 Å². The van der Waals surface area contributed by atoms with Crippen LogP contribution in [0.25, 0.3) is 0 Å². The first-order valence-corrected chi connectivity index (χ1v) is 7.72. The van der Waals surface area contributed by atoms with E-state index in [1.165, 1.54) is 5.56 Å². The van der Waals surface area contributed by atoms with Crippen LogP contribution in [0.4, 0.5) is 0 Å². The van der Waals surface area contributed by atoms with E-state index < -0.39 is 0 Å². The third-order valence-electron chi connectivity index (χ3n) is 3.80. The molecule has 0 bridgehead atoms. The van der Waals surface area contributed by atoms with Crippen molar-refractivity contribution in [1.29, 1.82) is 0 Å². The SMILES string of the molecule is CC1N=C(N(C)C)NC(N(C)CCc2ccc3c(c2)OCO3)=N1. The topological polar surface area (TPSA) is 61.7 Å². The van der Waals surface area contributed by atoms with Gasteiger partial charge in [0, 0.05) is 27.7 Å². The zero-order valence-electron chi connectivity index (χ0n) is 14.0. The summed E-state index contributed by atoms with van der Waals surface area (Å²) >= 11 is 0. The van der Waals surface area contributed by atoms with Crippen LogP contribution in [-0.4, -0.2) is 62.4 Å². The Morgan fingerprint density at radius 2 is 1.87 bits per heavy atom. The summed E-state index contributed by atoms with van der Waals surface area (Å²) < 4.78 is 10.8. The van der Waals surface area contributed by atoms with Gasteiger partial charge in [-0.25, -0.2) is 9.98 Å². The number of guanidine groups is 2. The summed E-state index contributed by atoms with van der Waals surface area (Å²) in [6.07, 6.45) is 0.827. The molecule has 1 unspecified atom stereocenters. The van der Waals surface area contributed by atoms with Crippen molar-refractivity contribution in [3.8, 4) is 11.5 Å². The van der Waals surface area contributed by atoms with Crippen LogP contribution in [0.3, 0.4) is 0 Å². The quantitative estimate of drug-likeness (QED) is 0.905. The molecule has 23 heavy (non-hydrogen) atoms. The fourth-order valence-corrected chi connectivity index (χ4v) is 2.47. The largest absolute Gasteiger partial charge is 0.454 e. The maximum atomic E-state index is 5.42. The minimum Gasteiger partial charge on any atom is -0.454 e. The van der Waals surface area contributed by atoms with E-state index in [0.717, 1.165) is 36.4 Å². The number of rotatable bonds is 3. The van der Waals surface area contributed by atoms with Crippen molar-refractivity contribution in [3.63, 3.8) is 0 Å². The summed E-state index contributed by atoms with van der Waals surface area (Å²) in [5.74, 6) is 3.32. The lowest BCUT2D eigenvalue weighted by atomic mass is 10.1. The second-order valence-electron chi connectivity index (χ2n) is 5.92. The summed E-state index contributed by atoms with van der Waals surface area (Å²) in [6, 6.07) is 6.08. The Labute approximate surface area is 136 Å². The fraction of sp³-hybridized carbons (Fsp3) is 0.500. The van der Waals surface area contributed by atoms with Gasteiger partial charge in [0.1, 0.15) is 6.17 Å². The Kier molecular flexibility index (Phi) is 4.27. The van der Waals surface area contributed by atoms with Crippen LogP contribution in [0.5, 0.6) is 11.5 Å². The van der Waals surface area contributed by atoms with Crippen molar-refractivity contribution >= 4 is 11.9 Å². The standard InChI is InChI=1S/C16H23N5O2/c1-11-17-15(20(2)3)19-16(18-11)21(4)8-7-12-5-6-13-14(9-12)23-10-22-13/h5-6,9,11H,7-8,10H2,1-4H3,(H,17,18,19). The molecule has 0 aromatic heterocycles. The second kappa shape index (κ2) is 6.36. The maximum absolute atomic E-state index is 5.42. The molecule has 0 aliphatic carbocycles. The molecule has 0 spiro atoms. The van der Waals surface area contributed by atoms with E-state index in [2.05, 4.69) is 26.3 Å². The van der Waals surface area contributed by atoms with Gasteiger partial charge < -0.3 is 19.3 Å². The molecule has 1 atom stereocenters. The van der Waals surface area contributed by atoms with Crippen molar-refractivity contribution in [2.24, 2.45) is 9.98 Å². The molecule has 3 rings (SSSR count). The predicted molar refractivity (Wildman–Crippen MR) is 90.1 cm³/mol. The summed E-state index contributed by atoms with van der Waals surface area (Å²) in [5.41, 5.74) is 1.21. The number of nitrogens with zero attached hydrogens (tertiary/aromatic N) is 4. The molecule has 0 saturated heterocycles. The van der Waals surface area contributed by atoms with Gasteiger partial charge in [-0.15, -0.1) is 0 Å². The second-order valence-corrected chi connectivity index (χ2v) is 5.92. The van der Waals surface area contributed by atoms with Crippen molar-refractivity contribution < 1.29 is 9.47 Å². The summed E-state index contributed by atoms with van der Waals surface area (Å²) in [5, 5.41) is 3.27. The average molecular weight is 317 g/mol. The molecule has 0 fully saturated rings. The lowest BCUT2D eigenvalue weighted by Gasteiger charge is -2.29. The molecule has 2 aliphatic rings. The van der Waals surface area contributed by atoms with Crippen LogP contribution >= 0.6 is 0 Å². The first kappa shape index (κ1) is 15.5. The summed E-state index contributed by atoms with van der Waals surface area (Å²) in [7, 11) is 5.96. The van der Waals surface area contributed by atoms with Crippen molar-refractivity contribution in [3.05, 3.63) is 23.8 Å². The molecular weight excluding hydrogens is 294 g/mol. The van der Waals surface area contributed by atoms with Crippen LogP contribution in [-0.2, 0) is 6.42 Å². The monoisotopic (exact) mass is 317 g/mol. The van der Waals surface area contributed by atoms with Gasteiger partial charge in [0.2, 0.25) is 18.7 Å². The number of hydrogen-bond donors (Lipinski definition) is 1. The fourth-order valence-electron chi connectivity index (χ4n) is 2.47. The molecular formula is C16H23N5O2. The van der Waals surface area contributed by atoms with E-state index in [0.29, 0.717) is 6.79 Å². The van der Waals surface area contributed by atoms with Crippen LogP contribution in [0, 0.1) is 0 Å². The highest BCUT2D eigenvalue weighted by molar-refractivity contribution is 5.99. The van der Waals surface area contributed by atoms with Gasteiger partial charge >= 0.3 is 0 Å². The Morgan fingerprint density at radius 1 is 1.13 bits per heavy atom. The Bertz CT molecular complexity index is 641. The summed E-state index contributed by atoms with van der Waals surface area (Å²) in [4.78, 5) is 13.1. The smallest absolute Gasteiger partial charge is 0.231 e. The number of benzene rings is 1. The zero-order chi connectivity index (χ0) is 16.4. The minimum atomic E-state index is -0.0726. The minimum absolute atomic E-state index is 0.0726. The third-order valence-corrected chi connectivity index (χ3v) is 3.80. The third kappa shape index (κ3) is 3.49. The highest BCUT2D eigenvalue weighted by atomic mass is 16.7. The Morgan fingerprint density at radius 3 is 2.65 bits per heavy atom. The number of fused-ring (bicyclic) bond motifs is 1. The summed E-state index contributed by atoms with van der Waals surface area (Å²) in [6.45, 7) is 3.14. The Hall–Kier alpha value is -2.44. The van der Waals surface area contributed by atoms with Gasteiger partial charge in [-0.05, 0) is 31.0 Å². The van der Waals surface area contributed by atoms with Gasteiger partial charge in [0.05, 0.1) is 0 Å². The number of nitrogens with one attached hydrogen (secondary N) is 1. The molecule has 0 amide bonds. The van der Waals surface area contributed by atoms with Gasteiger partial charge in [0.25, 0.3) is 0 Å². The van der Waals surface area contributed by atoms with Crippen molar-refractivity contribution in [2.75, 3.05) is 34.5 Å². The normalized spacial score (nSPS) is 18.9. The first-order valence-electron chi connectivity index (χ1n) is 7.72. The molecule has 1 aromatic carbocycles. The molecule has 124 valence electrons. The molecule has 1 N–H and O–H groups in total. The lowest BCUT2D eigenvalue weighted by Crippen LogP contribution is -2.50. The number of ether oxygens (including phenoxy) is 2. The van der Waals surface area contributed by atoms with Gasteiger partial charge in [-0.2, -0.15) is 0 Å². The molecule has 0 saturated carbocycles. The van der Waals surface area contributed by atoms with Gasteiger partial charge in [0.15, 0.2) is 11.5 Å². The highest BCUT2D eigenvalue weighted by Crippen LogP contribution is 2.32. The van der Waals surface area contributed by atoms with Gasteiger partial charge in [-0.1, -0.05) is 6.07 Å². The van der Waals surface area contributed by atoms with Crippen LogP contribution in [0.1, 0.15) is 12.5 Å². The average Bonchev–Trinajstić information content (AvgIpc) is 2.99. The molecule has 0 radical (unpaired) electrons. The number of likely N-dealkylation sites (N-methyl/N-ethyl adjacent to an activating group) is 1. The van der Waals surface area contributed by atoms with E-state index >= 15 is 0 Å². The van der Waals surface area contributed by atoms with E-state index in [1.54, 1.807) is 0 Å². The highest BCUT2D eigenvalue weighted by Gasteiger charge is 2.18. The molecule has 7 nitrogen and oxygen atoms in total. The van der Waals surface area contributed by atoms with Crippen LogP contribution in [0.2, 0.25) is 0 Å². The molecule has 1 aromatic rings. The first-order chi connectivity index (χ1) is 11.0. The van der Waals surface area contributed by atoms with E-state index in [-0.39, 0.29) is 6.17 Å². The number of aliphatic imine (C=N–C) groups is 2.